The predicted molar refractivity (Wildman–Crippen MR) is 99.2 cm³/mol. The van der Waals surface area contributed by atoms with Crippen LogP contribution in [0.3, 0.4) is 0 Å². The van der Waals surface area contributed by atoms with Gasteiger partial charge in [-0.1, -0.05) is 13.8 Å². The maximum absolute atomic E-state index is 12.8. The van der Waals surface area contributed by atoms with Crippen LogP contribution in [0.2, 0.25) is 0 Å². The number of nitro groups is 1. The van der Waals surface area contributed by atoms with Gasteiger partial charge in [-0.15, -0.1) is 0 Å². The number of piperazine rings is 1. The first-order chi connectivity index (χ1) is 13.3. The third-order valence-electron chi connectivity index (χ3n) is 5.11. The summed E-state index contributed by atoms with van der Waals surface area (Å²) < 4.78 is 61.8. The molecule has 1 aliphatic heterocycles. The molecule has 1 aliphatic rings. The van der Waals surface area contributed by atoms with E-state index < -0.39 is 30.9 Å². The number of rotatable bonds is 5. The Labute approximate surface area is 166 Å². The lowest BCUT2D eigenvalue weighted by Gasteiger charge is -2.46. The van der Waals surface area contributed by atoms with Gasteiger partial charge < -0.3 is 9.80 Å². The summed E-state index contributed by atoms with van der Waals surface area (Å²) in [6.07, 6.45) is 1.11. The molecule has 1 aromatic rings. The van der Waals surface area contributed by atoms with Crippen LogP contribution in [0.15, 0.2) is 23.1 Å². The molecule has 2 atom stereocenters. The Kier molecular flexibility index (Phi) is 6.45. The minimum atomic E-state index is -5.71. The number of nitrogens with zero attached hydrogens (tertiary/aromatic N) is 3. The summed E-state index contributed by atoms with van der Waals surface area (Å²) in [5.41, 5.74) is -6.25. The molecule has 2 rings (SSSR count). The van der Waals surface area contributed by atoms with Crippen LogP contribution in [0.25, 0.3) is 0 Å². The first-order valence-corrected chi connectivity index (χ1v) is 10.5. The van der Waals surface area contributed by atoms with E-state index in [2.05, 4.69) is 0 Å². The van der Waals surface area contributed by atoms with E-state index in [1.165, 1.54) is 6.92 Å². The van der Waals surface area contributed by atoms with Crippen molar-refractivity contribution in [2.45, 2.75) is 56.1 Å². The maximum Gasteiger partial charge on any atom is 0.501 e. The van der Waals surface area contributed by atoms with Gasteiger partial charge >= 0.3 is 5.51 Å². The fourth-order valence-corrected chi connectivity index (χ4v) is 4.30. The zero-order valence-electron chi connectivity index (χ0n) is 16.1. The van der Waals surface area contributed by atoms with Gasteiger partial charge in [0.2, 0.25) is 5.91 Å². The summed E-state index contributed by atoms with van der Waals surface area (Å²) in [4.78, 5) is 24.8. The zero-order valence-corrected chi connectivity index (χ0v) is 17.0. The molecule has 1 heterocycles. The molecule has 0 spiro atoms. The molecule has 0 unspecified atom stereocenters. The molecule has 0 bridgehead atoms. The molecule has 0 saturated carbocycles. The lowest BCUT2D eigenvalue weighted by molar-refractivity contribution is -0.384. The summed E-state index contributed by atoms with van der Waals surface area (Å²) in [6.45, 7) is 5.68. The third-order valence-corrected chi connectivity index (χ3v) is 6.60. The zero-order chi connectivity index (χ0) is 22.1. The molecule has 0 N–H and O–H groups in total. The van der Waals surface area contributed by atoms with Crippen molar-refractivity contribution in [3.05, 3.63) is 28.3 Å². The molecule has 12 heteroatoms. The van der Waals surface area contributed by atoms with Crippen molar-refractivity contribution >= 4 is 27.1 Å². The van der Waals surface area contributed by atoms with Crippen LogP contribution >= 0.6 is 0 Å². The van der Waals surface area contributed by atoms with Crippen molar-refractivity contribution in [3.8, 4) is 0 Å². The normalized spacial score (nSPS) is 20.6. The number of benzene rings is 1. The van der Waals surface area contributed by atoms with Crippen LogP contribution in [-0.2, 0) is 14.6 Å². The molecule has 0 radical (unpaired) electrons. The fraction of sp³-hybridized carbons (Fsp3) is 0.588. The topological polar surface area (TPSA) is 101 Å². The number of hydrogen-bond donors (Lipinski definition) is 0. The number of halogens is 3. The van der Waals surface area contributed by atoms with E-state index in [1.54, 1.807) is 9.80 Å². The Morgan fingerprint density at radius 1 is 1.21 bits per heavy atom. The first kappa shape index (κ1) is 22.9. The number of anilines is 1. The van der Waals surface area contributed by atoms with Crippen molar-refractivity contribution in [3.63, 3.8) is 0 Å². The molecule has 0 aliphatic carbocycles. The van der Waals surface area contributed by atoms with Crippen LogP contribution < -0.4 is 4.90 Å². The summed E-state index contributed by atoms with van der Waals surface area (Å²) in [6, 6.07) is 1.69. The van der Waals surface area contributed by atoms with E-state index in [0.717, 1.165) is 12.1 Å². The van der Waals surface area contributed by atoms with Gasteiger partial charge in [-0.25, -0.2) is 8.42 Å². The van der Waals surface area contributed by atoms with E-state index in [1.807, 2.05) is 13.8 Å². The van der Waals surface area contributed by atoms with Crippen LogP contribution in [0, 0.1) is 10.1 Å². The highest BCUT2D eigenvalue weighted by atomic mass is 32.2. The average Bonchev–Trinajstić information content (AvgIpc) is 2.65. The number of alkyl halides is 3. The van der Waals surface area contributed by atoms with E-state index in [0.29, 0.717) is 25.5 Å². The Morgan fingerprint density at radius 2 is 1.79 bits per heavy atom. The molecule has 8 nitrogen and oxygen atoms in total. The average molecular weight is 437 g/mol. The molecule has 29 heavy (non-hydrogen) atoms. The highest BCUT2D eigenvalue weighted by molar-refractivity contribution is 7.92. The Bertz CT molecular complexity index is 904. The Balaban J connectivity index is 2.56. The van der Waals surface area contributed by atoms with Crippen LogP contribution in [0.5, 0.6) is 0 Å². The van der Waals surface area contributed by atoms with Crippen molar-refractivity contribution in [1.29, 1.82) is 0 Å². The van der Waals surface area contributed by atoms with Gasteiger partial charge in [-0.3, -0.25) is 14.9 Å². The Hall–Kier alpha value is -2.37. The van der Waals surface area contributed by atoms with E-state index >= 15 is 0 Å². The molecule has 1 aromatic carbocycles. The van der Waals surface area contributed by atoms with Gasteiger partial charge in [0, 0.05) is 38.2 Å². The minimum Gasteiger partial charge on any atom is -0.359 e. The number of nitro benzene ring substituents is 1. The van der Waals surface area contributed by atoms with Gasteiger partial charge in [0.05, 0.1) is 9.82 Å². The van der Waals surface area contributed by atoms with Gasteiger partial charge in [0.25, 0.3) is 15.5 Å². The molecular formula is C17H22F3N3O5S. The number of hydrogen-bond acceptors (Lipinski definition) is 6. The molecular weight excluding hydrogens is 415 g/mol. The molecule has 0 aromatic heterocycles. The van der Waals surface area contributed by atoms with Gasteiger partial charge in [0.1, 0.15) is 5.69 Å². The Morgan fingerprint density at radius 3 is 2.24 bits per heavy atom. The lowest BCUT2D eigenvalue weighted by Crippen LogP contribution is -2.59. The lowest BCUT2D eigenvalue weighted by atomic mass is 10.0. The number of carbonyl (C=O) groups excluding carboxylic acids is 1. The standard InChI is InChI=1S/C17H22F3N3O5S/c1-4-12-10-22(13(5-2)9-21(12)11(3)24)15-7-6-14(8-16(15)23(25)26)29(27,28)17(18,19)20/h6-8,12-13H,4-5,9-10H2,1-3H3/t12-,13-/m0/s1. The van der Waals surface area contributed by atoms with Gasteiger partial charge in [0.15, 0.2) is 0 Å². The second-order valence-electron chi connectivity index (χ2n) is 6.80. The van der Waals surface area contributed by atoms with E-state index in [4.69, 9.17) is 0 Å². The number of amides is 1. The number of sulfone groups is 1. The summed E-state index contributed by atoms with van der Waals surface area (Å²) in [5.74, 6) is -0.129. The van der Waals surface area contributed by atoms with E-state index in [-0.39, 0.29) is 30.2 Å². The first-order valence-electron chi connectivity index (χ1n) is 8.98. The summed E-state index contributed by atoms with van der Waals surface area (Å²) in [5, 5.41) is 11.6. The van der Waals surface area contributed by atoms with Crippen LogP contribution in [-0.4, -0.2) is 54.8 Å². The quantitative estimate of drug-likeness (QED) is 0.518. The maximum atomic E-state index is 12.8. The van der Waals surface area contributed by atoms with Crippen LogP contribution in [0.1, 0.15) is 33.6 Å². The minimum absolute atomic E-state index is 0.0321. The van der Waals surface area contributed by atoms with E-state index in [9.17, 15) is 36.5 Å². The highest BCUT2D eigenvalue weighted by Gasteiger charge is 2.48. The van der Waals surface area contributed by atoms with Crippen LogP contribution in [0.4, 0.5) is 24.5 Å². The van der Waals surface area contributed by atoms with Crippen molar-refractivity contribution < 1.29 is 31.3 Å². The van der Waals surface area contributed by atoms with Crippen molar-refractivity contribution in [2.24, 2.45) is 0 Å². The second kappa shape index (κ2) is 8.17. The number of carbonyl (C=O) groups is 1. The summed E-state index contributed by atoms with van der Waals surface area (Å²) >= 11 is 0. The second-order valence-corrected chi connectivity index (χ2v) is 8.75. The summed E-state index contributed by atoms with van der Waals surface area (Å²) in [7, 11) is -5.71. The van der Waals surface area contributed by atoms with Gasteiger partial charge in [-0.05, 0) is 25.0 Å². The third kappa shape index (κ3) is 4.31. The monoisotopic (exact) mass is 437 g/mol. The molecule has 162 valence electrons. The van der Waals surface area contributed by atoms with Crippen molar-refractivity contribution in [2.75, 3.05) is 18.0 Å². The predicted octanol–water partition coefficient (Wildman–Crippen LogP) is 3.11. The molecule has 1 fully saturated rings. The largest absolute Gasteiger partial charge is 0.501 e. The van der Waals surface area contributed by atoms with Crippen molar-refractivity contribution in [1.82, 2.24) is 4.90 Å². The molecule has 1 saturated heterocycles. The fourth-order valence-electron chi connectivity index (χ4n) is 3.52. The smallest absolute Gasteiger partial charge is 0.359 e. The SMILES string of the molecule is CC[C@H]1CN(c2ccc(S(=O)(=O)C(F)(F)F)cc2[N+](=O)[O-])[C@@H](CC)CN1C(C)=O. The highest BCUT2D eigenvalue weighted by Crippen LogP contribution is 2.38. The molecule has 1 amide bonds. The van der Waals surface area contributed by atoms with Gasteiger partial charge in [-0.2, -0.15) is 13.2 Å².